The number of carbonyl (C=O) groups excluding carboxylic acids is 2. The molecule has 7 nitrogen and oxygen atoms in total. The minimum Gasteiger partial charge on any atom is -0.486 e. The van der Waals surface area contributed by atoms with E-state index >= 15 is 0 Å². The average Bonchev–Trinajstić information content (AvgIpc) is 2.90. The van der Waals surface area contributed by atoms with Gasteiger partial charge in [-0.1, -0.05) is 48.2 Å². The number of nitrogens with zero attached hydrogens (tertiary/aromatic N) is 1. The maximum atomic E-state index is 13.3. The van der Waals surface area contributed by atoms with Crippen LogP contribution in [0.4, 0.5) is 16.2 Å². The van der Waals surface area contributed by atoms with Crippen LogP contribution in [-0.4, -0.2) is 43.1 Å². The SMILES string of the molecule is O=C(Nc1cc2c(cc1Sc1ccccc1)OCCO2)C1CCCN(C(=O)Nc2ccccc2)C1. The first-order valence-electron chi connectivity index (χ1n) is 11.7. The first-order valence-corrected chi connectivity index (χ1v) is 12.6. The van der Waals surface area contributed by atoms with Crippen LogP contribution in [0.25, 0.3) is 0 Å². The average molecular weight is 490 g/mol. The number of anilines is 2. The zero-order valence-corrected chi connectivity index (χ0v) is 20.1. The molecule has 180 valence electrons. The fraction of sp³-hybridized carbons (Fsp3) is 0.259. The van der Waals surface area contributed by atoms with Gasteiger partial charge in [0.2, 0.25) is 5.91 Å². The predicted molar refractivity (Wildman–Crippen MR) is 136 cm³/mol. The summed E-state index contributed by atoms with van der Waals surface area (Å²) in [6.07, 6.45) is 1.50. The Bertz CT molecular complexity index is 1190. The number of amides is 3. The fourth-order valence-corrected chi connectivity index (χ4v) is 5.14. The lowest BCUT2D eigenvalue weighted by molar-refractivity contribution is -0.121. The third kappa shape index (κ3) is 5.71. The van der Waals surface area contributed by atoms with Crippen molar-refractivity contribution >= 4 is 35.1 Å². The molecule has 3 amide bonds. The molecule has 0 saturated carbocycles. The number of benzene rings is 3. The number of hydrogen-bond donors (Lipinski definition) is 2. The Balaban J connectivity index is 1.30. The number of fused-ring (bicyclic) bond motifs is 1. The Morgan fingerprint density at radius 3 is 2.31 bits per heavy atom. The lowest BCUT2D eigenvalue weighted by Gasteiger charge is -2.32. The van der Waals surface area contributed by atoms with Gasteiger partial charge in [-0.25, -0.2) is 4.79 Å². The van der Waals surface area contributed by atoms with Crippen molar-refractivity contribution in [2.75, 3.05) is 36.9 Å². The fourth-order valence-electron chi connectivity index (χ4n) is 4.20. The molecular formula is C27H27N3O4S. The number of carbonyl (C=O) groups is 2. The zero-order chi connectivity index (χ0) is 24.0. The van der Waals surface area contributed by atoms with Gasteiger partial charge in [0.1, 0.15) is 13.2 Å². The van der Waals surface area contributed by atoms with E-state index in [1.807, 2.05) is 72.8 Å². The van der Waals surface area contributed by atoms with Gasteiger partial charge in [0.05, 0.1) is 11.6 Å². The molecule has 0 spiro atoms. The summed E-state index contributed by atoms with van der Waals surface area (Å²) in [4.78, 5) is 29.7. The summed E-state index contributed by atoms with van der Waals surface area (Å²) in [7, 11) is 0. The lowest BCUT2D eigenvalue weighted by Crippen LogP contribution is -2.45. The van der Waals surface area contributed by atoms with Crippen molar-refractivity contribution in [1.82, 2.24) is 4.90 Å². The lowest BCUT2D eigenvalue weighted by atomic mass is 9.97. The maximum Gasteiger partial charge on any atom is 0.321 e. The third-order valence-electron chi connectivity index (χ3n) is 5.98. The number of nitrogens with one attached hydrogen (secondary N) is 2. The molecule has 1 atom stereocenters. The first kappa shape index (κ1) is 23.1. The number of ether oxygens (including phenoxy) is 2. The Labute approximate surface area is 208 Å². The molecule has 2 aliphatic rings. The van der Waals surface area contributed by atoms with Gasteiger partial charge in [-0.05, 0) is 37.1 Å². The van der Waals surface area contributed by atoms with Crippen LogP contribution in [0.15, 0.2) is 82.6 Å². The Hall–Kier alpha value is -3.65. The van der Waals surface area contributed by atoms with E-state index in [2.05, 4.69) is 10.6 Å². The van der Waals surface area contributed by atoms with Crippen LogP contribution < -0.4 is 20.1 Å². The van der Waals surface area contributed by atoms with E-state index in [1.54, 1.807) is 16.7 Å². The molecular weight excluding hydrogens is 462 g/mol. The Morgan fingerprint density at radius 2 is 1.57 bits per heavy atom. The first-order chi connectivity index (χ1) is 17.2. The van der Waals surface area contributed by atoms with Crippen molar-refractivity contribution < 1.29 is 19.1 Å². The van der Waals surface area contributed by atoms with E-state index < -0.39 is 0 Å². The second-order valence-electron chi connectivity index (χ2n) is 8.48. The standard InChI is InChI=1S/C27H27N3O4S/c31-26(19-8-7-13-30(18-19)27(32)28-20-9-3-1-4-10-20)29-22-16-23-24(34-15-14-33-23)17-25(22)35-21-11-5-2-6-12-21/h1-6,9-12,16-17,19H,7-8,13-15,18H2,(H,28,32)(H,29,31). The molecule has 35 heavy (non-hydrogen) atoms. The Morgan fingerprint density at radius 1 is 0.886 bits per heavy atom. The number of rotatable bonds is 5. The number of urea groups is 1. The van der Waals surface area contributed by atoms with Crippen LogP contribution in [0.2, 0.25) is 0 Å². The summed E-state index contributed by atoms with van der Waals surface area (Å²) in [5.41, 5.74) is 1.42. The molecule has 8 heteroatoms. The molecule has 5 rings (SSSR count). The van der Waals surface area contributed by atoms with Crippen LogP contribution in [0.1, 0.15) is 12.8 Å². The van der Waals surface area contributed by atoms with E-state index in [-0.39, 0.29) is 17.9 Å². The van der Waals surface area contributed by atoms with Gasteiger partial charge in [-0.15, -0.1) is 0 Å². The minimum atomic E-state index is -0.298. The molecule has 1 saturated heterocycles. The molecule has 2 aliphatic heterocycles. The monoisotopic (exact) mass is 489 g/mol. The summed E-state index contributed by atoms with van der Waals surface area (Å²) >= 11 is 1.56. The summed E-state index contributed by atoms with van der Waals surface area (Å²) in [5, 5.41) is 6.02. The van der Waals surface area contributed by atoms with Crippen LogP contribution in [0.5, 0.6) is 11.5 Å². The molecule has 0 bridgehead atoms. The number of likely N-dealkylation sites (tertiary alicyclic amines) is 1. The van der Waals surface area contributed by atoms with Crippen LogP contribution in [0, 0.1) is 5.92 Å². The molecule has 2 N–H and O–H groups in total. The van der Waals surface area contributed by atoms with Crippen LogP contribution in [0.3, 0.4) is 0 Å². The van der Waals surface area contributed by atoms with Crippen LogP contribution >= 0.6 is 11.8 Å². The number of para-hydroxylation sites is 1. The van der Waals surface area contributed by atoms with E-state index in [4.69, 9.17) is 9.47 Å². The van der Waals surface area contributed by atoms with Gasteiger partial charge in [0.15, 0.2) is 11.5 Å². The number of hydrogen-bond acceptors (Lipinski definition) is 5. The molecule has 2 heterocycles. The van der Waals surface area contributed by atoms with Gasteiger partial charge in [0, 0.05) is 40.7 Å². The highest BCUT2D eigenvalue weighted by atomic mass is 32.2. The van der Waals surface area contributed by atoms with Crippen molar-refractivity contribution in [2.45, 2.75) is 22.6 Å². The number of piperidine rings is 1. The molecule has 3 aromatic carbocycles. The summed E-state index contributed by atoms with van der Waals surface area (Å²) in [5.74, 6) is 0.896. The molecule has 3 aromatic rings. The van der Waals surface area contributed by atoms with Gasteiger partial charge in [-0.3, -0.25) is 4.79 Å². The van der Waals surface area contributed by atoms with E-state index in [0.29, 0.717) is 43.5 Å². The smallest absolute Gasteiger partial charge is 0.321 e. The van der Waals surface area contributed by atoms with Gasteiger partial charge in [-0.2, -0.15) is 0 Å². The highest BCUT2D eigenvalue weighted by Gasteiger charge is 2.29. The molecule has 0 radical (unpaired) electrons. The van der Waals surface area contributed by atoms with E-state index in [1.165, 1.54) is 0 Å². The molecule has 0 aliphatic carbocycles. The summed E-state index contributed by atoms with van der Waals surface area (Å²) in [6, 6.07) is 22.9. The highest BCUT2D eigenvalue weighted by Crippen LogP contribution is 2.42. The Kier molecular flexibility index (Phi) is 7.09. The second kappa shape index (κ2) is 10.7. The van der Waals surface area contributed by atoms with Gasteiger partial charge < -0.3 is 25.0 Å². The summed E-state index contributed by atoms with van der Waals surface area (Å²) in [6.45, 7) is 1.97. The van der Waals surface area contributed by atoms with Gasteiger partial charge in [0.25, 0.3) is 0 Å². The largest absolute Gasteiger partial charge is 0.486 e. The zero-order valence-electron chi connectivity index (χ0n) is 19.2. The molecule has 1 unspecified atom stereocenters. The van der Waals surface area contributed by atoms with Crippen molar-refractivity contribution in [3.63, 3.8) is 0 Å². The molecule has 1 fully saturated rings. The van der Waals surface area contributed by atoms with Crippen molar-refractivity contribution in [1.29, 1.82) is 0 Å². The third-order valence-corrected chi connectivity index (χ3v) is 7.04. The van der Waals surface area contributed by atoms with E-state index in [9.17, 15) is 9.59 Å². The highest BCUT2D eigenvalue weighted by molar-refractivity contribution is 7.99. The maximum absolute atomic E-state index is 13.3. The quantitative estimate of drug-likeness (QED) is 0.495. The topological polar surface area (TPSA) is 79.9 Å². The minimum absolute atomic E-state index is 0.103. The van der Waals surface area contributed by atoms with Crippen molar-refractivity contribution in [3.05, 3.63) is 72.8 Å². The van der Waals surface area contributed by atoms with E-state index in [0.717, 1.165) is 28.3 Å². The van der Waals surface area contributed by atoms with Crippen molar-refractivity contribution in [2.24, 2.45) is 5.92 Å². The van der Waals surface area contributed by atoms with Gasteiger partial charge >= 0.3 is 6.03 Å². The predicted octanol–water partition coefficient (Wildman–Crippen LogP) is 5.49. The van der Waals surface area contributed by atoms with Crippen molar-refractivity contribution in [3.8, 4) is 11.5 Å². The second-order valence-corrected chi connectivity index (χ2v) is 9.59. The molecule has 0 aromatic heterocycles. The summed E-state index contributed by atoms with van der Waals surface area (Å²) < 4.78 is 11.5. The normalized spacial score (nSPS) is 16.9. The van der Waals surface area contributed by atoms with Crippen LogP contribution in [-0.2, 0) is 4.79 Å².